The molecule has 1 heterocycles. The minimum atomic E-state index is -0.473. The molecule has 0 spiro atoms. The number of rotatable bonds is 5. The topological polar surface area (TPSA) is 58.6 Å². The second-order valence-corrected chi connectivity index (χ2v) is 7.36. The zero-order chi connectivity index (χ0) is 21.1. The highest BCUT2D eigenvalue weighted by molar-refractivity contribution is 6.33. The largest absolute Gasteiger partial charge is 0.487 e. The number of benzene rings is 3. The summed E-state index contributed by atoms with van der Waals surface area (Å²) in [6.45, 7) is 0.271. The van der Waals surface area contributed by atoms with E-state index in [0.717, 1.165) is 5.56 Å². The molecule has 1 aliphatic rings. The van der Waals surface area contributed by atoms with Crippen LogP contribution >= 0.6 is 23.2 Å². The Morgan fingerprint density at radius 3 is 2.37 bits per heavy atom. The van der Waals surface area contributed by atoms with E-state index < -0.39 is 11.8 Å². The number of hydrogen-bond acceptors (Lipinski definition) is 3. The van der Waals surface area contributed by atoms with Crippen LogP contribution in [0.4, 0.5) is 5.69 Å². The third kappa shape index (κ3) is 4.17. The fourth-order valence-electron chi connectivity index (χ4n) is 2.98. The second-order valence-electron chi connectivity index (χ2n) is 6.54. The Morgan fingerprint density at radius 1 is 0.900 bits per heavy atom. The van der Waals surface area contributed by atoms with Crippen molar-refractivity contribution in [1.29, 1.82) is 0 Å². The number of nitrogens with zero attached hydrogens (tertiary/aromatic N) is 1. The molecular formula is C23H16Cl2N2O3. The van der Waals surface area contributed by atoms with Gasteiger partial charge in [0.15, 0.2) is 0 Å². The van der Waals surface area contributed by atoms with Crippen LogP contribution in [0.3, 0.4) is 0 Å². The smallest absolute Gasteiger partial charge is 0.282 e. The first-order valence-electron chi connectivity index (χ1n) is 9.11. The van der Waals surface area contributed by atoms with Gasteiger partial charge in [0.2, 0.25) is 0 Å². The molecular weight excluding hydrogens is 423 g/mol. The molecule has 4 rings (SSSR count). The summed E-state index contributed by atoms with van der Waals surface area (Å²) in [6, 6.07) is 21.3. The quantitative estimate of drug-likeness (QED) is 0.448. The van der Waals surface area contributed by atoms with Crippen molar-refractivity contribution >= 4 is 46.8 Å². The lowest BCUT2D eigenvalue weighted by Crippen LogP contribution is -2.35. The van der Waals surface area contributed by atoms with Gasteiger partial charge in [0.05, 0.1) is 10.7 Å². The lowest BCUT2D eigenvalue weighted by molar-refractivity contribution is -0.117. The molecule has 0 aromatic heterocycles. The summed E-state index contributed by atoms with van der Waals surface area (Å²) in [5.41, 5.74) is 4.63. The summed E-state index contributed by atoms with van der Waals surface area (Å²) >= 11 is 12.5. The van der Waals surface area contributed by atoms with Crippen molar-refractivity contribution in [3.8, 4) is 5.75 Å². The molecule has 1 fully saturated rings. The molecule has 5 nitrogen and oxygen atoms in total. The summed E-state index contributed by atoms with van der Waals surface area (Å²) < 4.78 is 5.75. The van der Waals surface area contributed by atoms with Gasteiger partial charge >= 0.3 is 0 Å². The van der Waals surface area contributed by atoms with Gasteiger partial charge in [-0.15, -0.1) is 0 Å². The normalized spacial score (nSPS) is 14.9. The number of hydrazine groups is 1. The van der Waals surface area contributed by atoms with Crippen molar-refractivity contribution in [1.82, 2.24) is 5.43 Å². The SMILES string of the molecule is O=C1NN(c2ccccc2)C(=O)C1=Cc1ccc(OCc2ccccc2Cl)c(Cl)c1. The van der Waals surface area contributed by atoms with Gasteiger partial charge in [-0.25, -0.2) is 5.01 Å². The van der Waals surface area contributed by atoms with Crippen molar-refractivity contribution < 1.29 is 14.3 Å². The summed E-state index contributed by atoms with van der Waals surface area (Å²) in [7, 11) is 0. The number of amides is 2. The highest BCUT2D eigenvalue weighted by atomic mass is 35.5. The van der Waals surface area contributed by atoms with Gasteiger partial charge in [-0.1, -0.05) is 65.7 Å². The summed E-state index contributed by atoms with van der Waals surface area (Å²) in [4.78, 5) is 25.0. The van der Waals surface area contributed by atoms with Crippen LogP contribution in [0.5, 0.6) is 5.75 Å². The minimum absolute atomic E-state index is 0.0275. The van der Waals surface area contributed by atoms with Crippen LogP contribution in [0.15, 0.2) is 78.4 Å². The molecule has 150 valence electrons. The lowest BCUT2D eigenvalue weighted by Gasteiger charge is -2.13. The van der Waals surface area contributed by atoms with Gasteiger partial charge in [-0.3, -0.25) is 15.0 Å². The molecule has 2 amide bonds. The van der Waals surface area contributed by atoms with Crippen molar-refractivity contribution in [2.24, 2.45) is 0 Å². The summed E-state index contributed by atoms with van der Waals surface area (Å²) in [5, 5.41) is 2.20. The van der Waals surface area contributed by atoms with E-state index in [2.05, 4.69) is 5.43 Å². The highest BCUT2D eigenvalue weighted by Crippen LogP contribution is 2.29. The number of anilines is 1. The molecule has 0 saturated carbocycles. The van der Waals surface area contributed by atoms with Gasteiger partial charge < -0.3 is 4.74 Å². The number of para-hydroxylation sites is 1. The first kappa shape index (κ1) is 20.0. The fraction of sp³-hybridized carbons (Fsp3) is 0.0435. The van der Waals surface area contributed by atoms with Crippen LogP contribution in [-0.4, -0.2) is 11.8 Å². The average molecular weight is 439 g/mol. The average Bonchev–Trinajstić information content (AvgIpc) is 3.03. The van der Waals surface area contributed by atoms with E-state index in [9.17, 15) is 9.59 Å². The fourth-order valence-corrected chi connectivity index (χ4v) is 3.41. The van der Waals surface area contributed by atoms with Crippen LogP contribution in [0.25, 0.3) is 6.08 Å². The number of carbonyl (C=O) groups is 2. The van der Waals surface area contributed by atoms with Crippen LogP contribution in [0.2, 0.25) is 10.0 Å². The molecule has 30 heavy (non-hydrogen) atoms. The maximum atomic E-state index is 12.7. The van der Waals surface area contributed by atoms with Crippen LogP contribution in [0, 0.1) is 0 Å². The first-order chi connectivity index (χ1) is 14.5. The molecule has 3 aromatic rings. The Labute approximate surface area is 183 Å². The maximum absolute atomic E-state index is 12.7. The van der Waals surface area contributed by atoms with Crippen molar-refractivity contribution in [2.45, 2.75) is 6.61 Å². The maximum Gasteiger partial charge on any atom is 0.282 e. The molecule has 0 aliphatic carbocycles. The van der Waals surface area contributed by atoms with Gasteiger partial charge in [0.25, 0.3) is 11.8 Å². The Morgan fingerprint density at radius 2 is 1.63 bits per heavy atom. The molecule has 0 radical (unpaired) electrons. The predicted molar refractivity (Wildman–Crippen MR) is 117 cm³/mol. The van der Waals surface area contributed by atoms with E-state index in [0.29, 0.717) is 27.0 Å². The number of ether oxygens (including phenoxy) is 1. The standard InChI is InChI=1S/C23H16Cl2N2O3/c24-19-9-5-4-6-16(19)14-30-21-11-10-15(13-20(21)25)12-18-22(28)26-27(23(18)29)17-7-2-1-3-8-17/h1-13H,14H2,(H,26,28). The molecule has 0 bridgehead atoms. The monoisotopic (exact) mass is 438 g/mol. The number of hydrogen-bond donors (Lipinski definition) is 1. The van der Waals surface area contributed by atoms with Gasteiger partial charge in [0.1, 0.15) is 17.9 Å². The second kappa shape index (κ2) is 8.61. The van der Waals surface area contributed by atoms with E-state index in [4.69, 9.17) is 27.9 Å². The van der Waals surface area contributed by atoms with Crippen molar-refractivity contribution in [2.75, 3.05) is 5.01 Å². The number of carbonyl (C=O) groups excluding carboxylic acids is 2. The Hall–Kier alpha value is -3.28. The third-order valence-corrected chi connectivity index (χ3v) is 5.18. The zero-order valence-corrected chi connectivity index (χ0v) is 17.2. The number of halogens is 2. The Bertz CT molecular complexity index is 1150. The first-order valence-corrected chi connectivity index (χ1v) is 9.86. The van der Waals surface area contributed by atoms with Crippen molar-refractivity contribution in [3.05, 3.63) is 99.5 Å². The van der Waals surface area contributed by atoms with E-state index in [1.54, 1.807) is 48.5 Å². The molecule has 0 unspecified atom stereocenters. The summed E-state index contributed by atoms with van der Waals surface area (Å²) in [6.07, 6.45) is 1.50. The van der Waals surface area contributed by atoms with Crippen molar-refractivity contribution in [3.63, 3.8) is 0 Å². The minimum Gasteiger partial charge on any atom is -0.487 e. The van der Waals surface area contributed by atoms with E-state index in [1.165, 1.54) is 11.1 Å². The highest BCUT2D eigenvalue weighted by Gasteiger charge is 2.34. The lowest BCUT2D eigenvalue weighted by atomic mass is 10.1. The van der Waals surface area contributed by atoms with Crippen LogP contribution in [-0.2, 0) is 16.2 Å². The molecule has 1 saturated heterocycles. The van der Waals surface area contributed by atoms with Crippen LogP contribution in [0.1, 0.15) is 11.1 Å². The van der Waals surface area contributed by atoms with Gasteiger partial charge in [-0.2, -0.15) is 0 Å². The van der Waals surface area contributed by atoms with Gasteiger partial charge in [-0.05, 0) is 42.0 Å². The molecule has 1 aliphatic heterocycles. The zero-order valence-electron chi connectivity index (χ0n) is 15.6. The Kier molecular flexibility index (Phi) is 5.74. The van der Waals surface area contributed by atoms with Gasteiger partial charge in [0, 0.05) is 10.6 Å². The summed E-state index contributed by atoms with van der Waals surface area (Å²) in [5.74, 6) is -0.424. The molecule has 1 N–H and O–H groups in total. The van der Waals surface area contributed by atoms with E-state index in [-0.39, 0.29) is 12.2 Å². The molecule has 7 heteroatoms. The van der Waals surface area contributed by atoms with E-state index in [1.807, 2.05) is 24.3 Å². The number of nitrogens with one attached hydrogen (secondary N) is 1. The predicted octanol–water partition coefficient (Wildman–Crippen LogP) is 5.03. The third-order valence-electron chi connectivity index (χ3n) is 4.51. The van der Waals surface area contributed by atoms with E-state index >= 15 is 0 Å². The Balaban J connectivity index is 1.51. The van der Waals surface area contributed by atoms with Crippen LogP contribution < -0.4 is 15.2 Å². The molecule has 0 atom stereocenters. The molecule has 3 aromatic carbocycles.